The molecule has 3 nitrogen and oxygen atoms in total. The summed E-state index contributed by atoms with van der Waals surface area (Å²) < 4.78 is 5.32. The van der Waals surface area contributed by atoms with Crippen molar-refractivity contribution in [2.45, 2.75) is 39.2 Å². The molecule has 0 fully saturated rings. The van der Waals surface area contributed by atoms with Gasteiger partial charge < -0.3 is 14.7 Å². The quantitative estimate of drug-likeness (QED) is 0.783. The van der Waals surface area contributed by atoms with Crippen molar-refractivity contribution in [1.82, 2.24) is 4.90 Å². The minimum absolute atomic E-state index is 0.459. The molecule has 1 aromatic rings. The number of nitrogens with zero attached hydrogens (tertiary/aromatic N) is 1. The molecule has 1 unspecified atom stereocenters. The van der Waals surface area contributed by atoms with Crippen molar-refractivity contribution in [2.75, 3.05) is 27.2 Å². The van der Waals surface area contributed by atoms with Crippen LogP contribution in [0.25, 0.3) is 0 Å². The number of unbranched alkanes of at least 4 members (excludes halogenated alkanes) is 1. The summed E-state index contributed by atoms with van der Waals surface area (Å²) in [6, 6.07) is 5.94. The highest BCUT2D eigenvalue weighted by Gasteiger charge is 2.14. The summed E-state index contributed by atoms with van der Waals surface area (Å²) in [4.78, 5) is 2.27. The first-order valence-corrected chi connectivity index (χ1v) is 7.09. The van der Waals surface area contributed by atoms with Gasteiger partial charge in [-0.15, -0.1) is 0 Å². The van der Waals surface area contributed by atoms with Crippen molar-refractivity contribution in [2.24, 2.45) is 0 Å². The monoisotopic (exact) mass is 265 g/mol. The number of hydrogen-bond donors (Lipinski definition) is 1. The summed E-state index contributed by atoms with van der Waals surface area (Å²) in [5.41, 5.74) is 2.04. The lowest BCUT2D eigenvalue weighted by molar-refractivity contribution is 0.145. The number of hydrogen-bond acceptors (Lipinski definition) is 3. The van der Waals surface area contributed by atoms with Gasteiger partial charge in [0.05, 0.1) is 13.2 Å². The van der Waals surface area contributed by atoms with E-state index in [1.165, 1.54) is 12.8 Å². The second kappa shape index (κ2) is 8.18. The molecule has 0 amide bonds. The molecule has 1 aromatic carbocycles. The van der Waals surface area contributed by atoms with Gasteiger partial charge in [-0.05, 0) is 45.5 Å². The van der Waals surface area contributed by atoms with Gasteiger partial charge >= 0.3 is 0 Å². The largest absolute Gasteiger partial charge is 0.496 e. The topological polar surface area (TPSA) is 32.7 Å². The van der Waals surface area contributed by atoms with Crippen molar-refractivity contribution in [3.05, 3.63) is 29.3 Å². The first-order valence-electron chi connectivity index (χ1n) is 7.09. The van der Waals surface area contributed by atoms with E-state index in [0.29, 0.717) is 0 Å². The Bertz CT molecular complexity index is 379. The summed E-state index contributed by atoms with van der Waals surface area (Å²) in [7, 11) is 3.75. The summed E-state index contributed by atoms with van der Waals surface area (Å²) >= 11 is 0. The zero-order valence-electron chi connectivity index (χ0n) is 12.6. The number of ether oxygens (including phenoxy) is 1. The molecule has 0 aliphatic heterocycles. The Balaban J connectivity index is 2.57. The highest BCUT2D eigenvalue weighted by Crippen LogP contribution is 2.28. The third-order valence-corrected chi connectivity index (χ3v) is 3.42. The predicted octanol–water partition coefficient (Wildman–Crippen LogP) is 3.16. The highest BCUT2D eigenvalue weighted by atomic mass is 16.5. The lowest BCUT2D eigenvalue weighted by Gasteiger charge is -2.20. The van der Waals surface area contributed by atoms with Gasteiger partial charge in [0.1, 0.15) is 5.75 Å². The first-order chi connectivity index (χ1) is 9.08. The Kier molecular flexibility index (Phi) is 6.89. The van der Waals surface area contributed by atoms with E-state index in [-0.39, 0.29) is 0 Å². The fourth-order valence-corrected chi connectivity index (χ4v) is 2.15. The van der Waals surface area contributed by atoms with Crippen LogP contribution in [0.15, 0.2) is 18.2 Å². The smallest absolute Gasteiger partial charge is 0.124 e. The molecule has 0 aliphatic rings. The van der Waals surface area contributed by atoms with E-state index in [1.807, 2.05) is 25.1 Å². The number of aryl methyl sites for hydroxylation is 1. The molecule has 0 saturated heterocycles. The van der Waals surface area contributed by atoms with Gasteiger partial charge in [0, 0.05) is 12.1 Å². The van der Waals surface area contributed by atoms with Gasteiger partial charge in [-0.3, -0.25) is 0 Å². The molecule has 0 spiro atoms. The molecule has 0 radical (unpaired) electrons. The number of methoxy groups -OCH3 is 1. The maximum Gasteiger partial charge on any atom is 0.124 e. The molecule has 108 valence electrons. The normalized spacial score (nSPS) is 12.7. The number of aliphatic hydroxyl groups is 1. The van der Waals surface area contributed by atoms with E-state index >= 15 is 0 Å². The Labute approximate surface area is 117 Å². The SMILES string of the molecule is CCCCN(C)CCC(O)c1cc(C)ccc1OC. The molecular weight excluding hydrogens is 238 g/mol. The minimum atomic E-state index is -0.459. The molecule has 1 rings (SSSR count). The van der Waals surface area contributed by atoms with Crippen molar-refractivity contribution < 1.29 is 9.84 Å². The van der Waals surface area contributed by atoms with Gasteiger partial charge in [0.25, 0.3) is 0 Å². The average molecular weight is 265 g/mol. The lowest BCUT2D eigenvalue weighted by Crippen LogP contribution is -2.22. The molecule has 3 heteroatoms. The maximum atomic E-state index is 10.3. The van der Waals surface area contributed by atoms with E-state index in [4.69, 9.17) is 4.74 Å². The second-order valence-corrected chi connectivity index (χ2v) is 5.21. The van der Waals surface area contributed by atoms with Crippen molar-refractivity contribution in [1.29, 1.82) is 0 Å². The molecule has 0 bridgehead atoms. The molecule has 0 heterocycles. The minimum Gasteiger partial charge on any atom is -0.496 e. The summed E-state index contributed by atoms with van der Waals surface area (Å²) in [6.45, 7) is 6.22. The van der Waals surface area contributed by atoms with Gasteiger partial charge in [-0.2, -0.15) is 0 Å². The third-order valence-electron chi connectivity index (χ3n) is 3.42. The van der Waals surface area contributed by atoms with E-state index in [1.54, 1.807) is 7.11 Å². The van der Waals surface area contributed by atoms with Crippen LogP contribution in [0, 0.1) is 6.92 Å². The Morgan fingerprint density at radius 2 is 2.05 bits per heavy atom. The van der Waals surface area contributed by atoms with Crippen LogP contribution >= 0.6 is 0 Å². The Morgan fingerprint density at radius 3 is 2.68 bits per heavy atom. The van der Waals surface area contributed by atoms with Gasteiger partial charge in [-0.1, -0.05) is 25.0 Å². The van der Waals surface area contributed by atoms with Gasteiger partial charge in [0.15, 0.2) is 0 Å². The van der Waals surface area contributed by atoms with Crippen LogP contribution in [-0.2, 0) is 0 Å². The number of benzene rings is 1. The molecule has 1 atom stereocenters. The summed E-state index contributed by atoms with van der Waals surface area (Å²) in [5, 5.41) is 10.3. The number of rotatable bonds is 8. The standard InChI is InChI=1S/C16H27NO2/c1-5-6-10-17(3)11-9-15(18)14-12-13(2)7-8-16(14)19-4/h7-8,12,15,18H,5-6,9-11H2,1-4H3. The fourth-order valence-electron chi connectivity index (χ4n) is 2.15. The third kappa shape index (κ3) is 5.21. The van der Waals surface area contributed by atoms with Crippen molar-refractivity contribution in [3.63, 3.8) is 0 Å². The molecule has 0 aliphatic carbocycles. The molecular formula is C16H27NO2. The van der Waals surface area contributed by atoms with Crippen LogP contribution in [0.1, 0.15) is 43.4 Å². The zero-order valence-corrected chi connectivity index (χ0v) is 12.6. The zero-order chi connectivity index (χ0) is 14.3. The van der Waals surface area contributed by atoms with E-state index in [9.17, 15) is 5.11 Å². The van der Waals surface area contributed by atoms with Gasteiger partial charge in [-0.25, -0.2) is 0 Å². The highest BCUT2D eigenvalue weighted by molar-refractivity contribution is 5.38. The van der Waals surface area contributed by atoms with Crippen LogP contribution in [0.2, 0.25) is 0 Å². The van der Waals surface area contributed by atoms with Crippen LogP contribution in [0.3, 0.4) is 0 Å². The van der Waals surface area contributed by atoms with Gasteiger partial charge in [0.2, 0.25) is 0 Å². The fraction of sp³-hybridized carbons (Fsp3) is 0.625. The van der Waals surface area contributed by atoms with E-state index < -0.39 is 6.10 Å². The lowest BCUT2D eigenvalue weighted by atomic mass is 10.0. The number of aliphatic hydroxyl groups excluding tert-OH is 1. The van der Waals surface area contributed by atoms with Crippen LogP contribution in [0.4, 0.5) is 0 Å². The Morgan fingerprint density at radius 1 is 1.32 bits per heavy atom. The Hall–Kier alpha value is -1.06. The van der Waals surface area contributed by atoms with Crippen molar-refractivity contribution >= 4 is 0 Å². The van der Waals surface area contributed by atoms with Crippen molar-refractivity contribution in [3.8, 4) is 5.75 Å². The first kappa shape index (κ1) is 16.0. The summed E-state index contributed by atoms with van der Waals surface area (Å²) in [6.07, 6.45) is 2.69. The summed E-state index contributed by atoms with van der Waals surface area (Å²) in [5.74, 6) is 0.773. The molecule has 19 heavy (non-hydrogen) atoms. The van der Waals surface area contributed by atoms with E-state index in [0.717, 1.165) is 36.4 Å². The van der Waals surface area contributed by atoms with Crippen LogP contribution in [0.5, 0.6) is 5.75 Å². The average Bonchev–Trinajstić information content (AvgIpc) is 2.42. The molecule has 1 N–H and O–H groups in total. The maximum absolute atomic E-state index is 10.3. The van der Waals surface area contributed by atoms with E-state index in [2.05, 4.69) is 18.9 Å². The van der Waals surface area contributed by atoms with Crippen LogP contribution in [-0.4, -0.2) is 37.3 Å². The van der Waals surface area contributed by atoms with Crippen LogP contribution < -0.4 is 4.74 Å². The predicted molar refractivity (Wildman–Crippen MR) is 79.7 cm³/mol. The molecule has 0 saturated carbocycles. The second-order valence-electron chi connectivity index (χ2n) is 5.21. The molecule has 0 aromatic heterocycles.